The maximum Gasteiger partial charge on any atom is 0.254 e. The maximum absolute atomic E-state index is 13.7. The van der Waals surface area contributed by atoms with Crippen LogP contribution in [0, 0.1) is 5.82 Å². The molecule has 4 nitrogen and oxygen atoms in total. The van der Waals surface area contributed by atoms with Crippen molar-refractivity contribution in [1.82, 2.24) is 4.90 Å². The Balaban J connectivity index is 2.20. The van der Waals surface area contributed by atoms with Crippen LogP contribution in [0.15, 0.2) is 48.5 Å². The molecular formula is C17H18FNO3. The number of rotatable bonds is 6. The van der Waals surface area contributed by atoms with Crippen LogP contribution in [0.4, 0.5) is 4.39 Å². The lowest BCUT2D eigenvalue weighted by Gasteiger charge is -2.22. The Hall–Kier alpha value is -2.40. The highest BCUT2D eigenvalue weighted by molar-refractivity contribution is 5.94. The van der Waals surface area contributed by atoms with E-state index < -0.39 is 5.82 Å². The van der Waals surface area contributed by atoms with E-state index in [0.717, 1.165) is 11.6 Å². The minimum atomic E-state index is -0.586. The molecule has 0 spiro atoms. The molecule has 0 unspecified atom stereocenters. The van der Waals surface area contributed by atoms with E-state index >= 15 is 0 Å². The van der Waals surface area contributed by atoms with Crippen molar-refractivity contribution >= 4 is 5.91 Å². The number of ether oxygens (including phenoxy) is 1. The monoisotopic (exact) mass is 303 g/mol. The molecule has 0 saturated heterocycles. The summed E-state index contributed by atoms with van der Waals surface area (Å²) in [6.07, 6.45) is 0. The molecule has 116 valence electrons. The van der Waals surface area contributed by atoms with Crippen molar-refractivity contribution in [1.29, 1.82) is 0 Å². The molecule has 2 rings (SSSR count). The largest absolute Gasteiger partial charge is 0.494 e. The van der Waals surface area contributed by atoms with E-state index in [-0.39, 0.29) is 30.4 Å². The number of aliphatic hydroxyl groups excluding tert-OH is 1. The van der Waals surface area contributed by atoms with Gasteiger partial charge in [0.25, 0.3) is 5.91 Å². The van der Waals surface area contributed by atoms with E-state index in [1.165, 1.54) is 24.1 Å². The van der Waals surface area contributed by atoms with Gasteiger partial charge in [-0.25, -0.2) is 4.39 Å². The predicted octanol–water partition coefficient (Wildman–Crippen LogP) is 2.47. The van der Waals surface area contributed by atoms with Crippen LogP contribution in [-0.4, -0.2) is 36.2 Å². The lowest BCUT2D eigenvalue weighted by atomic mass is 10.1. The number of nitrogens with zero attached hydrogens (tertiary/aromatic N) is 1. The van der Waals surface area contributed by atoms with E-state index in [2.05, 4.69) is 0 Å². The third-order valence-corrected chi connectivity index (χ3v) is 3.27. The molecule has 0 radical (unpaired) electrons. The molecule has 0 heterocycles. The van der Waals surface area contributed by atoms with Gasteiger partial charge < -0.3 is 14.7 Å². The number of carbonyl (C=O) groups excluding carboxylic acids is 1. The molecule has 0 atom stereocenters. The normalized spacial score (nSPS) is 10.3. The van der Waals surface area contributed by atoms with Gasteiger partial charge in [0, 0.05) is 18.7 Å². The molecule has 2 aromatic carbocycles. The molecule has 22 heavy (non-hydrogen) atoms. The van der Waals surface area contributed by atoms with Gasteiger partial charge in [-0.2, -0.15) is 0 Å². The number of hydrogen-bond acceptors (Lipinski definition) is 3. The van der Waals surface area contributed by atoms with Gasteiger partial charge in [0.2, 0.25) is 0 Å². The summed E-state index contributed by atoms with van der Waals surface area (Å²) in [6.45, 7) is 0.381. The summed E-state index contributed by atoms with van der Waals surface area (Å²) in [5, 5.41) is 9.16. The Morgan fingerprint density at radius 1 is 1.23 bits per heavy atom. The molecule has 0 aliphatic heterocycles. The molecule has 2 aromatic rings. The van der Waals surface area contributed by atoms with Crippen LogP contribution in [0.1, 0.15) is 15.9 Å². The summed E-state index contributed by atoms with van der Waals surface area (Å²) in [6, 6.07) is 13.5. The third-order valence-electron chi connectivity index (χ3n) is 3.27. The van der Waals surface area contributed by atoms with E-state index in [1.807, 2.05) is 30.3 Å². The average molecular weight is 303 g/mol. The number of carbonyl (C=O) groups is 1. The van der Waals surface area contributed by atoms with Gasteiger partial charge in [-0.15, -0.1) is 0 Å². The molecular weight excluding hydrogens is 285 g/mol. The van der Waals surface area contributed by atoms with Crippen molar-refractivity contribution in [3.63, 3.8) is 0 Å². The predicted molar refractivity (Wildman–Crippen MR) is 81.2 cm³/mol. The highest BCUT2D eigenvalue weighted by Crippen LogP contribution is 2.19. The molecule has 0 bridgehead atoms. The summed E-state index contributed by atoms with van der Waals surface area (Å²) >= 11 is 0. The van der Waals surface area contributed by atoms with Crippen molar-refractivity contribution in [2.45, 2.75) is 6.54 Å². The quantitative estimate of drug-likeness (QED) is 0.892. The van der Waals surface area contributed by atoms with E-state index in [4.69, 9.17) is 9.84 Å². The smallest absolute Gasteiger partial charge is 0.254 e. The van der Waals surface area contributed by atoms with Crippen LogP contribution in [0.5, 0.6) is 5.75 Å². The Labute approximate surface area is 128 Å². The van der Waals surface area contributed by atoms with Crippen molar-refractivity contribution in [3.05, 3.63) is 65.5 Å². The zero-order valence-electron chi connectivity index (χ0n) is 12.3. The van der Waals surface area contributed by atoms with Crippen LogP contribution in [-0.2, 0) is 6.54 Å². The first-order chi connectivity index (χ1) is 10.7. The fourth-order valence-electron chi connectivity index (χ4n) is 2.16. The van der Waals surface area contributed by atoms with E-state index in [1.54, 1.807) is 0 Å². The fourth-order valence-corrected chi connectivity index (χ4v) is 2.16. The third kappa shape index (κ3) is 3.83. The molecule has 5 heteroatoms. The maximum atomic E-state index is 13.7. The summed E-state index contributed by atoms with van der Waals surface area (Å²) < 4.78 is 18.6. The van der Waals surface area contributed by atoms with Crippen LogP contribution in [0.2, 0.25) is 0 Å². The van der Waals surface area contributed by atoms with Crippen molar-refractivity contribution < 1.29 is 19.0 Å². The van der Waals surface area contributed by atoms with Gasteiger partial charge in [0.1, 0.15) is 0 Å². The van der Waals surface area contributed by atoms with E-state index in [0.29, 0.717) is 6.54 Å². The van der Waals surface area contributed by atoms with Gasteiger partial charge in [-0.3, -0.25) is 4.79 Å². The second-order valence-corrected chi connectivity index (χ2v) is 4.79. The van der Waals surface area contributed by atoms with Crippen LogP contribution in [0.3, 0.4) is 0 Å². The minimum Gasteiger partial charge on any atom is -0.494 e. The highest BCUT2D eigenvalue weighted by Gasteiger charge is 2.17. The average Bonchev–Trinajstić information content (AvgIpc) is 2.54. The summed E-state index contributed by atoms with van der Waals surface area (Å²) in [7, 11) is 1.37. The summed E-state index contributed by atoms with van der Waals surface area (Å²) in [5.41, 5.74) is 1.17. The molecule has 1 amide bonds. The first-order valence-electron chi connectivity index (χ1n) is 6.93. The van der Waals surface area contributed by atoms with Crippen LogP contribution >= 0.6 is 0 Å². The Kier molecular flexibility index (Phi) is 5.49. The van der Waals surface area contributed by atoms with Gasteiger partial charge in [0.05, 0.1) is 13.7 Å². The van der Waals surface area contributed by atoms with Crippen molar-refractivity contribution in [2.24, 2.45) is 0 Å². The van der Waals surface area contributed by atoms with Crippen molar-refractivity contribution in [2.75, 3.05) is 20.3 Å². The topological polar surface area (TPSA) is 49.8 Å². The Morgan fingerprint density at radius 2 is 1.95 bits per heavy atom. The molecule has 0 saturated carbocycles. The zero-order chi connectivity index (χ0) is 15.9. The first kappa shape index (κ1) is 16.0. The lowest BCUT2D eigenvalue weighted by molar-refractivity contribution is 0.0707. The number of benzene rings is 2. The van der Waals surface area contributed by atoms with Crippen LogP contribution < -0.4 is 4.74 Å². The number of halogens is 1. The molecule has 0 aromatic heterocycles. The molecule has 0 aliphatic carbocycles. The second-order valence-electron chi connectivity index (χ2n) is 4.79. The highest BCUT2D eigenvalue weighted by atomic mass is 19.1. The SMILES string of the molecule is COc1ccc(C(=O)N(CCO)Cc2ccccc2)cc1F. The van der Waals surface area contributed by atoms with Crippen LogP contribution in [0.25, 0.3) is 0 Å². The Morgan fingerprint density at radius 3 is 2.55 bits per heavy atom. The lowest BCUT2D eigenvalue weighted by Crippen LogP contribution is -2.33. The number of hydrogen-bond donors (Lipinski definition) is 1. The van der Waals surface area contributed by atoms with Gasteiger partial charge >= 0.3 is 0 Å². The summed E-state index contributed by atoms with van der Waals surface area (Å²) in [4.78, 5) is 14.0. The fraction of sp³-hybridized carbons (Fsp3) is 0.235. The Bertz CT molecular complexity index is 631. The van der Waals surface area contributed by atoms with E-state index in [9.17, 15) is 9.18 Å². The van der Waals surface area contributed by atoms with Gasteiger partial charge in [-0.1, -0.05) is 30.3 Å². The second kappa shape index (κ2) is 7.56. The summed E-state index contributed by atoms with van der Waals surface area (Å²) in [5.74, 6) is -0.829. The number of aliphatic hydroxyl groups is 1. The zero-order valence-corrected chi connectivity index (χ0v) is 12.3. The molecule has 0 fully saturated rings. The molecule has 1 N–H and O–H groups in total. The standard InChI is InChI=1S/C17H18FNO3/c1-22-16-8-7-14(11-15(16)18)17(21)19(9-10-20)12-13-5-3-2-4-6-13/h2-8,11,20H,9-10,12H2,1H3. The molecule has 0 aliphatic rings. The van der Waals surface area contributed by atoms with Crippen molar-refractivity contribution in [3.8, 4) is 5.75 Å². The van der Waals surface area contributed by atoms with Gasteiger partial charge in [0.15, 0.2) is 11.6 Å². The minimum absolute atomic E-state index is 0.0910. The number of methoxy groups -OCH3 is 1. The first-order valence-corrected chi connectivity index (χ1v) is 6.93. The van der Waals surface area contributed by atoms with Gasteiger partial charge in [-0.05, 0) is 23.8 Å². The number of amides is 1.